The number of hydrogen-bond donors (Lipinski definition) is 2. The van der Waals surface area contributed by atoms with Gasteiger partial charge < -0.3 is 15.2 Å². The fourth-order valence-electron chi connectivity index (χ4n) is 2.41. The number of ether oxygens (including phenoxy) is 1. The summed E-state index contributed by atoms with van der Waals surface area (Å²) >= 11 is 0. The number of carbonyl (C=O) groups is 2. The Labute approximate surface area is 138 Å². The van der Waals surface area contributed by atoms with Crippen LogP contribution in [0.1, 0.15) is 51.2 Å². The molecule has 0 heterocycles. The first kappa shape index (κ1) is 19.0. The van der Waals surface area contributed by atoms with Gasteiger partial charge in [-0.2, -0.15) is 0 Å². The molecule has 1 aromatic rings. The zero-order valence-corrected chi connectivity index (χ0v) is 14.6. The van der Waals surface area contributed by atoms with Crippen LogP contribution in [0.3, 0.4) is 0 Å². The highest BCUT2D eigenvalue weighted by Crippen LogP contribution is 2.23. The maximum absolute atomic E-state index is 11.8. The van der Waals surface area contributed by atoms with Crippen LogP contribution in [0, 0.1) is 12.8 Å². The minimum atomic E-state index is -1.02. The lowest BCUT2D eigenvalue weighted by molar-refractivity contribution is -0.143. The van der Waals surface area contributed by atoms with E-state index in [1.807, 2.05) is 25.1 Å². The first-order valence-electron chi connectivity index (χ1n) is 7.98. The Morgan fingerprint density at radius 3 is 2.35 bits per heavy atom. The summed E-state index contributed by atoms with van der Waals surface area (Å²) in [5.41, 5.74) is 2.43. The third kappa shape index (κ3) is 5.93. The van der Waals surface area contributed by atoms with Crippen molar-refractivity contribution < 1.29 is 19.4 Å². The number of carboxylic acid groups (broad SMARTS) is 1. The third-order valence-electron chi connectivity index (χ3n) is 3.71. The van der Waals surface area contributed by atoms with Crippen LogP contribution in [0.5, 0.6) is 5.75 Å². The lowest BCUT2D eigenvalue weighted by atomic mass is 9.98. The Morgan fingerprint density at radius 1 is 1.22 bits per heavy atom. The lowest BCUT2D eigenvalue weighted by Crippen LogP contribution is -2.44. The van der Waals surface area contributed by atoms with E-state index in [1.165, 1.54) is 5.56 Å². The van der Waals surface area contributed by atoms with Gasteiger partial charge in [-0.25, -0.2) is 4.79 Å². The number of benzene rings is 1. The molecular weight excluding hydrogens is 294 g/mol. The van der Waals surface area contributed by atoms with Crippen molar-refractivity contribution in [3.05, 3.63) is 29.3 Å². The highest BCUT2D eigenvalue weighted by molar-refractivity contribution is 5.83. The molecule has 1 unspecified atom stereocenters. The summed E-state index contributed by atoms with van der Waals surface area (Å²) in [6.07, 6.45) is 0.126. The van der Waals surface area contributed by atoms with Gasteiger partial charge in [-0.1, -0.05) is 33.8 Å². The standard InChI is InChI=1S/C18H27NO4/c1-11(2)15-7-6-14(10-13(15)5)23-9-8-16(20)19-17(12(3)4)18(21)22/h6-7,10-12,17H,8-9H2,1-5H3,(H,19,20)(H,21,22). The first-order valence-corrected chi connectivity index (χ1v) is 7.98. The SMILES string of the molecule is Cc1cc(OCCC(=O)NC(C(=O)O)C(C)C)ccc1C(C)C. The Morgan fingerprint density at radius 2 is 1.87 bits per heavy atom. The molecule has 0 aliphatic rings. The second-order valence-electron chi connectivity index (χ2n) is 6.40. The Hall–Kier alpha value is -2.04. The number of aliphatic carboxylic acids is 1. The van der Waals surface area contributed by atoms with Gasteiger partial charge in [0.05, 0.1) is 13.0 Å². The van der Waals surface area contributed by atoms with Crippen molar-refractivity contribution in [2.24, 2.45) is 5.92 Å². The molecule has 0 spiro atoms. The van der Waals surface area contributed by atoms with Crippen LogP contribution in [0.4, 0.5) is 0 Å². The molecule has 1 amide bonds. The largest absolute Gasteiger partial charge is 0.493 e. The van der Waals surface area contributed by atoms with E-state index in [-0.39, 0.29) is 24.9 Å². The van der Waals surface area contributed by atoms with Crippen LogP contribution >= 0.6 is 0 Å². The molecule has 128 valence electrons. The van der Waals surface area contributed by atoms with E-state index >= 15 is 0 Å². The molecule has 5 heteroatoms. The van der Waals surface area contributed by atoms with Crippen molar-refractivity contribution in [3.8, 4) is 5.75 Å². The normalized spacial score (nSPS) is 12.3. The molecule has 2 N–H and O–H groups in total. The van der Waals surface area contributed by atoms with Gasteiger partial charge in [-0.3, -0.25) is 4.79 Å². The average Bonchev–Trinajstić information content (AvgIpc) is 2.43. The van der Waals surface area contributed by atoms with Crippen LogP contribution in [-0.2, 0) is 9.59 Å². The predicted molar refractivity (Wildman–Crippen MR) is 89.8 cm³/mol. The monoisotopic (exact) mass is 321 g/mol. The maximum atomic E-state index is 11.8. The number of aryl methyl sites for hydroxylation is 1. The summed E-state index contributed by atoms with van der Waals surface area (Å²) in [6.45, 7) is 10.1. The van der Waals surface area contributed by atoms with E-state index in [0.29, 0.717) is 5.92 Å². The van der Waals surface area contributed by atoms with Gasteiger partial charge in [0, 0.05) is 0 Å². The van der Waals surface area contributed by atoms with Gasteiger partial charge in [0.25, 0.3) is 0 Å². The second-order valence-corrected chi connectivity index (χ2v) is 6.40. The molecule has 0 bridgehead atoms. The first-order chi connectivity index (χ1) is 10.7. The van der Waals surface area contributed by atoms with Crippen LogP contribution < -0.4 is 10.1 Å². The van der Waals surface area contributed by atoms with Crippen LogP contribution in [0.25, 0.3) is 0 Å². The van der Waals surface area contributed by atoms with Crippen molar-refractivity contribution >= 4 is 11.9 Å². The molecule has 1 rings (SSSR count). The second kappa shape index (κ2) is 8.56. The zero-order chi connectivity index (χ0) is 17.6. The molecule has 0 radical (unpaired) electrons. The number of rotatable bonds is 8. The van der Waals surface area contributed by atoms with Crippen molar-refractivity contribution in [1.82, 2.24) is 5.32 Å². The fraction of sp³-hybridized carbons (Fsp3) is 0.556. The molecular formula is C18H27NO4. The van der Waals surface area contributed by atoms with E-state index in [9.17, 15) is 9.59 Å². The minimum Gasteiger partial charge on any atom is -0.493 e. The van der Waals surface area contributed by atoms with Gasteiger partial charge in [-0.05, 0) is 42.0 Å². The number of carbonyl (C=O) groups excluding carboxylic acids is 1. The maximum Gasteiger partial charge on any atom is 0.326 e. The average molecular weight is 321 g/mol. The van der Waals surface area contributed by atoms with Crippen LogP contribution in [0.2, 0.25) is 0 Å². The van der Waals surface area contributed by atoms with E-state index in [2.05, 4.69) is 19.2 Å². The van der Waals surface area contributed by atoms with E-state index in [0.717, 1.165) is 11.3 Å². The molecule has 0 aliphatic heterocycles. The van der Waals surface area contributed by atoms with Gasteiger partial charge >= 0.3 is 5.97 Å². The summed E-state index contributed by atoms with van der Waals surface area (Å²) in [7, 11) is 0. The summed E-state index contributed by atoms with van der Waals surface area (Å²) in [5.74, 6) is -0.323. The van der Waals surface area contributed by atoms with Gasteiger partial charge in [-0.15, -0.1) is 0 Å². The molecule has 0 aromatic heterocycles. The topological polar surface area (TPSA) is 75.6 Å². The number of carboxylic acids is 1. The van der Waals surface area contributed by atoms with Gasteiger partial charge in [0.1, 0.15) is 11.8 Å². The zero-order valence-electron chi connectivity index (χ0n) is 14.6. The van der Waals surface area contributed by atoms with Crippen molar-refractivity contribution in [3.63, 3.8) is 0 Å². The Kier molecular flexibility index (Phi) is 7.07. The summed E-state index contributed by atoms with van der Waals surface area (Å²) in [6, 6.07) is 5.03. The summed E-state index contributed by atoms with van der Waals surface area (Å²) in [4.78, 5) is 22.9. The van der Waals surface area contributed by atoms with Gasteiger partial charge in [0.15, 0.2) is 0 Å². The molecule has 0 saturated carbocycles. The molecule has 0 aliphatic carbocycles. The fourth-order valence-corrected chi connectivity index (χ4v) is 2.41. The molecule has 1 aromatic carbocycles. The Bertz CT molecular complexity index is 552. The van der Waals surface area contributed by atoms with Crippen molar-refractivity contribution in [1.29, 1.82) is 0 Å². The highest BCUT2D eigenvalue weighted by Gasteiger charge is 2.23. The quantitative estimate of drug-likeness (QED) is 0.771. The van der Waals surface area contributed by atoms with E-state index < -0.39 is 12.0 Å². The summed E-state index contributed by atoms with van der Waals surface area (Å²) < 4.78 is 5.59. The van der Waals surface area contributed by atoms with E-state index in [1.54, 1.807) is 13.8 Å². The molecule has 1 atom stereocenters. The highest BCUT2D eigenvalue weighted by atomic mass is 16.5. The van der Waals surface area contributed by atoms with Crippen molar-refractivity contribution in [2.75, 3.05) is 6.61 Å². The predicted octanol–water partition coefficient (Wildman–Crippen LogP) is 3.11. The Balaban J connectivity index is 2.49. The molecule has 5 nitrogen and oxygen atoms in total. The van der Waals surface area contributed by atoms with Crippen LogP contribution in [0.15, 0.2) is 18.2 Å². The van der Waals surface area contributed by atoms with Crippen LogP contribution in [-0.4, -0.2) is 29.6 Å². The number of nitrogens with one attached hydrogen (secondary N) is 1. The number of hydrogen-bond acceptors (Lipinski definition) is 3. The molecule has 0 fully saturated rings. The minimum absolute atomic E-state index is 0.126. The molecule has 0 saturated heterocycles. The third-order valence-corrected chi connectivity index (χ3v) is 3.71. The summed E-state index contributed by atoms with van der Waals surface area (Å²) in [5, 5.41) is 11.6. The van der Waals surface area contributed by atoms with E-state index in [4.69, 9.17) is 9.84 Å². The van der Waals surface area contributed by atoms with Gasteiger partial charge in [0.2, 0.25) is 5.91 Å². The molecule has 23 heavy (non-hydrogen) atoms. The number of amides is 1. The van der Waals surface area contributed by atoms with Crippen molar-refractivity contribution in [2.45, 2.75) is 53.0 Å². The lowest BCUT2D eigenvalue weighted by Gasteiger charge is -2.18. The smallest absolute Gasteiger partial charge is 0.326 e.